The van der Waals surface area contributed by atoms with Gasteiger partial charge in [-0.3, -0.25) is 0 Å². The molecule has 21 heavy (non-hydrogen) atoms. The SMILES string of the molecule is Cc1ccc(N)c(-c2nnnn2-c2ccc(F)cc2F)c1. The first kappa shape index (κ1) is 13.2. The van der Waals surface area contributed by atoms with Crippen LogP contribution in [0.1, 0.15) is 5.56 Å². The smallest absolute Gasteiger partial charge is 0.189 e. The van der Waals surface area contributed by atoms with E-state index in [1.807, 2.05) is 13.0 Å². The number of rotatable bonds is 2. The average molecular weight is 287 g/mol. The van der Waals surface area contributed by atoms with Crippen molar-refractivity contribution >= 4 is 5.69 Å². The normalized spacial score (nSPS) is 10.8. The number of nitrogen functional groups attached to an aromatic ring is 1. The van der Waals surface area contributed by atoms with Crippen molar-refractivity contribution < 1.29 is 8.78 Å². The number of hydrogen-bond donors (Lipinski definition) is 1. The van der Waals surface area contributed by atoms with Gasteiger partial charge in [0.15, 0.2) is 11.6 Å². The zero-order chi connectivity index (χ0) is 15.0. The van der Waals surface area contributed by atoms with Crippen LogP contribution in [0, 0.1) is 18.6 Å². The molecule has 0 atom stereocenters. The van der Waals surface area contributed by atoms with E-state index in [4.69, 9.17) is 5.73 Å². The molecule has 0 saturated carbocycles. The van der Waals surface area contributed by atoms with Gasteiger partial charge in [-0.1, -0.05) is 11.6 Å². The van der Waals surface area contributed by atoms with E-state index in [1.165, 1.54) is 10.7 Å². The summed E-state index contributed by atoms with van der Waals surface area (Å²) < 4.78 is 28.1. The lowest BCUT2D eigenvalue weighted by Crippen LogP contribution is -2.04. The number of tetrazole rings is 1. The molecule has 1 heterocycles. The lowest BCUT2D eigenvalue weighted by atomic mass is 10.1. The topological polar surface area (TPSA) is 69.6 Å². The summed E-state index contributed by atoms with van der Waals surface area (Å²) in [5.74, 6) is -1.13. The molecule has 0 saturated heterocycles. The number of halogens is 2. The fourth-order valence-electron chi connectivity index (χ4n) is 2.03. The lowest BCUT2D eigenvalue weighted by molar-refractivity contribution is 0.572. The Morgan fingerprint density at radius 2 is 1.90 bits per heavy atom. The van der Waals surface area contributed by atoms with Crippen LogP contribution in [-0.4, -0.2) is 20.2 Å². The van der Waals surface area contributed by atoms with E-state index in [1.54, 1.807) is 12.1 Å². The van der Waals surface area contributed by atoms with Gasteiger partial charge in [0, 0.05) is 17.3 Å². The molecule has 106 valence electrons. The van der Waals surface area contributed by atoms with Crippen molar-refractivity contribution in [2.45, 2.75) is 6.92 Å². The van der Waals surface area contributed by atoms with Crippen LogP contribution in [0.15, 0.2) is 36.4 Å². The molecule has 0 amide bonds. The Labute approximate surface area is 119 Å². The molecule has 0 aliphatic rings. The maximum absolute atomic E-state index is 13.9. The second-order valence-electron chi connectivity index (χ2n) is 4.60. The molecule has 1 aromatic heterocycles. The van der Waals surface area contributed by atoms with Crippen molar-refractivity contribution in [2.75, 3.05) is 5.73 Å². The first-order valence-electron chi connectivity index (χ1n) is 6.16. The molecular weight excluding hydrogens is 276 g/mol. The van der Waals surface area contributed by atoms with E-state index in [0.717, 1.165) is 17.7 Å². The Bertz CT molecular complexity index is 813. The lowest BCUT2D eigenvalue weighted by Gasteiger charge is -2.08. The molecular formula is C14H11F2N5. The molecule has 5 nitrogen and oxygen atoms in total. The van der Waals surface area contributed by atoms with Crippen molar-refractivity contribution in [1.82, 2.24) is 20.2 Å². The van der Waals surface area contributed by atoms with Crippen LogP contribution in [0.5, 0.6) is 0 Å². The number of anilines is 1. The highest BCUT2D eigenvalue weighted by Gasteiger charge is 2.16. The van der Waals surface area contributed by atoms with E-state index < -0.39 is 11.6 Å². The summed E-state index contributed by atoms with van der Waals surface area (Å²) in [5.41, 5.74) is 8.00. The van der Waals surface area contributed by atoms with Gasteiger partial charge in [-0.15, -0.1) is 5.10 Å². The van der Waals surface area contributed by atoms with Gasteiger partial charge in [0.25, 0.3) is 0 Å². The van der Waals surface area contributed by atoms with Crippen LogP contribution in [-0.2, 0) is 0 Å². The molecule has 0 spiro atoms. The molecule has 0 bridgehead atoms. The Morgan fingerprint density at radius 1 is 1.10 bits per heavy atom. The third-order valence-electron chi connectivity index (χ3n) is 3.06. The molecule has 0 aliphatic heterocycles. The quantitative estimate of drug-likeness (QED) is 0.735. The summed E-state index contributed by atoms with van der Waals surface area (Å²) in [7, 11) is 0. The molecule has 3 aromatic rings. The van der Waals surface area contributed by atoms with Gasteiger partial charge in [0.05, 0.1) is 0 Å². The van der Waals surface area contributed by atoms with Crippen LogP contribution in [0.2, 0.25) is 0 Å². The Balaban J connectivity index is 2.19. The minimum atomic E-state index is -0.755. The summed E-state index contributed by atoms with van der Waals surface area (Å²) in [5, 5.41) is 11.2. The van der Waals surface area contributed by atoms with Crippen molar-refractivity contribution in [2.24, 2.45) is 0 Å². The maximum Gasteiger partial charge on any atom is 0.189 e. The van der Waals surface area contributed by atoms with Gasteiger partial charge >= 0.3 is 0 Å². The van der Waals surface area contributed by atoms with Gasteiger partial charge in [-0.2, -0.15) is 4.68 Å². The first-order valence-corrected chi connectivity index (χ1v) is 6.16. The zero-order valence-electron chi connectivity index (χ0n) is 11.1. The molecule has 3 rings (SSSR count). The second kappa shape index (κ2) is 4.93. The summed E-state index contributed by atoms with van der Waals surface area (Å²) in [4.78, 5) is 0. The van der Waals surface area contributed by atoms with E-state index in [9.17, 15) is 8.78 Å². The standard InChI is InChI=1S/C14H11F2N5/c1-8-2-4-12(17)10(6-8)14-18-19-20-21(14)13-5-3-9(15)7-11(13)16/h2-7H,17H2,1H3. The first-order chi connectivity index (χ1) is 10.1. The van der Waals surface area contributed by atoms with Gasteiger partial charge in [-0.05, 0) is 41.6 Å². The van der Waals surface area contributed by atoms with Crippen LogP contribution in [0.4, 0.5) is 14.5 Å². The number of aryl methyl sites for hydroxylation is 1. The average Bonchev–Trinajstić information content (AvgIpc) is 2.90. The van der Waals surface area contributed by atoms with Crippen molar-refractivity contribution in [3.05, 3.63) is 53.6 Å². The number of benzene rings is 2. The molecule has 7 heteroatoms. The minimum Gasteiger partial charge on any atom is -0.398 e. The second-order valence-corrected chi connectivity index (χ2v) is 4.60. The summed E-state index contributed by atoms with van der Waals surface area (Å²) >= 11 is 0. The predicted molar refractivity (Wildman–Crippen MR) is 73.7 cm³/mol. The van der Waals surface area contributed by atoms with Crippen molar-refractivity contribution in [3.8, 4) is 17.1 Å². The van der Waals surface area contributed by atoms with Crippen LogP contribution in [0.25, 0.3) is 17.1 Å². The van der Waals surface area contributed by atoms with E-state index in [2.05, 4.69) is 15.5 Å². The van der Waals surface area contributed by atoms with Crippen LogP contribution < -0.4 is 5.73 Å². The molecule has 2 aromatic carbocycles. The fraction of sp³-hybridized carbons (Fsp3) is 0.0714. The van der Waals surface area contributed by atoms with Gasteiger partial charge in [-0.25, -0.2) is 8.78 Å². The third-order valence-corrected chi connectivity index (χ3v) is 3.06. The number of hydrogen-bond acceptors (Lipinski definition) is 4. The van der Waals surface area contributed by atoms with Gasteiger partial charge < -0.3 is 5.73 Å². The zero-order valence-corrected chi connectivity index (χ0v) is 11.1. The third kappa shape index (κ3) is 2.33. The monoisotopic (exact) mass is 287 g/mol. The molecule has 2 N–H and O–H groups in total. The summed E-state index contributed by atoms with van der Waals surface area (Å²) in [6, 6.07) is 8.58. The van der Waals surface area contributed by atoms with Crippen molar-refractivity contribution in [3.63, 3.8) is 0 Å². The van der Waals surface area contributed by atoms with Crippen molar-refractivity contribution in [1.29, 1.82) is 0 Å². The largest absolute Gasteiger partial charge is 0.398 e. The Morgan fingerprint density at radius 3 is 2.67 bits per heavy atom. The van der Waals surface area contributed by atoms with E-state index >= 15 is 0 Å². The fourth-order valence-corrected chi connectivity index (χ4v) is 2.03. The van der Waals surface area contributed by atoms with E-state index in [-0.39, 0.29) is 5.69 Å². The Hall–Kier alpha value is -2.83. The predicted octanol–water partition coefficient (Wildman–Crippen LogP) is 2.50. The maximum atomic E-state index is 13.9. The molecule has 0 unspecified atom stereocenters. The molecule has 0 radical (unpaired) electrons. The molecule has 0 aliphatic carbocycles. The highest BCUT2D eigenvalue weighted by atomic mass is 19.1. The number of nitrogens with two attached hydrogens (primary N) is 1. The minimum absolute atomic E-state index is 0.0531. The number of aromatic nitrogens is 4. The van der Waals surface area contributed by atoms with Crippen LogP contribution in [0.3, 0.4) is 0 Å². The van der Waals surface area contributed by atoms with E-state index in [0.29, 0.717) is 17.1 Å². The number of nitrogens with zero attached hydrogens (tertiary/aromatic N) is 4. The van der Waals surface area contributed by atoms with Crippen LogP contribution >= 0.6 is 0 Å². The van der Waals surface area contributed by atoms with Gasteiger partial charge in [0.2, 0.25) is 0 Å². The summed E-state index contributed by atoms with van der Waals surface area (Å²) in [6.07, 6.45) is 0. The van der Waals surface area contributed by atoms with Gasteiger partial charge in [0.1, 0.15) is 11.5 Å². The summed E-state index contributed by atoms with van der Waals surface area (Å²) in [6.45, 7) is 1.90. The highest BCUT2D eigenvalue weighted by Crippen LogP contribution is 2.27. The Kier molecular flexibility index (Phi) is 3.09. The molecule has 0 fully saturated rings. The highest BCUT2D eigenvalue weighted by molar-refractivity contribution is 5.73.